The number of rotatable bonds is 3. The predicted molar refractivity (Wildman–Crippen MR) is 67.5 cm³/mol. The van der Waals surface area contributed by atoms with Crippen molar-refractivity contribution in [3.8, 4) is 0 Å². The Labute approximate surface area is 114 Å². The molecule has 10 nitrogen and oxygen atoms in total. The van der Waals surface area contributed by atoms with Crippen molar-refractivity contribution in [2.75, 3.05) is 12.0 Å². The molecule has 0 amide bonds. The van der Waals surface area contributed by atoms with Gasteiger partial charge in [0.1, 0.15) is 17.0 Å². The number of nitrogens with zero attached hydrogens (tertiary/aromatic N) is 6. The predicted octanol–water partition coefficient (Wildman–Crippen LogP) is -1.44. The van der Waals surface area contributed by atoms with Gasteiger partial charge in [-0.25, -0.2) is 24.2 Å². The minimum Gasteiger partial charge on any atom is -0.315 e. The Hall–Kier alpha value is -2.11. The highest BCUT2D eigenvalue weighted by molar-refractivity contribution is 7.89. The normalized spacial score (nSPS) is 15.8. The van der Waals surface area contributed by atoms with Gasteiger partial charge in [-0.05, 0) is 0 Å². The standard InChI is InChI=1S/C9H12N8O2S/c10-14-9-11-3-7(4-12-9)20(18,19)17-2-1-16-6-13-15-8(16)5-17/h3-4,6H,1-2,5,10H2,(H,11,12,14). The zero-order valence-corrected chi connectivity index (χ0v) is 11.2. The molecule has 20 heavy (non-hydrogen) atoms. The van der Waals surface area contributed by atoms with E-state index in [2.05, 4.69) is 25.6 Å². The Morgan fingerprint density at radius 1 is 1.25 bits per heavy atom. The molecule has 0 atom stereocenters. The highest BCUT2D eigenvalue weighted by Gasteiger charge is 2.29. The van der Waals surface area contributed by atoms with Gasteiger partial charge in [0.2, 0.25) is 16.0 Å². The van der Waals surface area contributed by atoms with Gasteiger partial charge in [-0.3, -0.25) is 5.43 Å². The summed E-state index contributed by atoms with van der Waals surface area (Å²) in [5.74, 6) is 5.91. The molecule has 106 valence electrons. The first kappa shape index (κ1) is 12.9. The van der Waals surface area contributed by atoms with Gasteiger partial charge in [0, 0.05) is 13.1 Å². The number of hydrogen-bond donors (Lipinski definition) is 2. The minimum absolute atomic E-state index is 0.0180. The van der Waals surface area contributed by atoms with Crippen LogP contribution in [0.25, 0.3) is 0 Å². The molecule has 0 radical (unpaired) electrons. The van der Waals surface area contributed by atoms with E-state index in [1.54, 1.807) is 6.33 Å². The summed E-state index contributed by atoms with van der Waals surface area (Å²) in [6, 6.07) is 0. The molecule has 1 aliphatic rings. The van der Waals surface area contributed by atoms with Crippen LogP contribution in [0.2, 0.25) is 0 Å². The van der Waals surface area contributed by atoms with E-state index >= 15 is 0 Å². The van der Waals surface area contributed by atoms with Crippen LogP contribution < -0.4 is 11.3 Å². The first-order valence-corrected chi connectivity index (χ1v) is 7.21. The second kappa shape index (κ2) is 4.77. The fraction of sp³-hybridized carbons (Fsp3) is 0.333. The fourth-order valence-electron chi connectivity index (χ4n) is 1.92. The van der Waals surface area contributed by atoms with E-state index in [-0.39, 0.29) is 17.4 Å². The van der Waals surface area contributed by atoms with Crippen LogP contribution in [0.5, 0.6) is 0 Å². The maximum atomic E-state index is 12.5. The molecule has 2 aromatic rings. The van der Waals surface area contributed by atoms with Crippen LogP contribution in [-0.2, 0) is 23.1 Å². The number of fused-ring (bicyclic) bond motifs is 1. The number of sulfonamides is 1. The van der Waals surface area contributed by atoms with Gasteiger partial charge >= 0.3 is 0 Å². The van der Waals surface area contributed by atoms with E-state index in [0.717, 1.165) is 0 Å². The van der Waals surface area contributed by atoms with E-state index < -0.39 is 10.0 Å². The summed E-state index contributed by atoms with van der Waals surface area (Å²) in [6.45, 7) is 1.05. The molecule has 3 heterocycles. The Morgan fingerprint density at radius 2 is 2.00 bits per heavy atom. The van der Waals surface area contributed by atoms with E-state index in [1.165, 1.54) is 16.7 Å². The van der Waals surface area contributed by atoms with Crippen molar-refractivity contribution in [3.05, 3.63) is 24.5 Å². The van der Waals surface area contributed by atoms with Crippen LogP contribution in [0.1, 0.15) is 5.82 Å². The average Bonchev–Trinajstić information content (AvgIpc) is 2.94. The van der Waals surface area contributed by atoms with E-state index in [0.29, 0.717) is 18.9 Å². The molecule has 0 spiro atoms. The lowest BCUT2D eigenvalue weighted by Gasteiger charge is -2.26. The van der Waals surface area contributed by atoms with Crippen molar-refractivity contribution in [2.24, 2.45) is 5.84 Å². The zero-order valence-electron chi connectivity index (χ0n) is 10.3. The molecule has 3 rings (SSSR count). The number of nitrogens with one attached hydrogen (secondary N) is 1. The summed E-state index contributed by atoms with van der Waals surface area (Å²) in [6.07, 6.45) is 4.03. The van der Waals surface area contributed by atoms with Crippen molar-refractivity contribution in [2.45, 2.75) is 18.0 Å². The molecule has 11 heteroatoms. The summed E-state index contributed by atoms with van der Waals surface area (Å²) < 4.78 is 28.1. The fourth-order valence-corrected chi connectivity index (χ4v) is 3.20. The first-order chi connectivity index (χ1) is 9.61. The van der Waals surface area contributed by atoms with Crippen molar-refractivity contribution in [3.63, 3.8) is 0 Å². The third kappa shape index (κ3) is 2.11. The summed E-state index contributed by atoms with van der Waals surface area (Å²) in [5, 5.41) is 7.65. The highest BCUT2D eigenvalue weighted by Crippen LogP contribution is 2.19. The summed E-state index contributed by atoms with van der Waals surface area (Å²) in [4.78, 5) is 7.63. The monoisotopic (exact) mass is 296 g/mol. The maximum absolute atomic E-state index is 12.5. The molecule has 0 aliphatic carbocycles. The third-order valence-corrected chi connectivity index (χ3v) is 4.80. The van der Waals surface area contributed by atoms with Crippen molar-refractivity contribution < 1.29 is 8.42 Å². The number of hydrazine groups is 1. The quantitative estimate of drug-likeness (QED) is 0.520. The summed E-state index contributed by atoms with van der Waals surface area (Å²) >= 11 is 0. The van der Waals surface area contributed by atoms with Gasteiger partial charge in [-0.15, -0.1) is 10.2 Å². The molecular formula is C9H12N8O2S. The Kier molecular flexibility index (Phi) is 3.08. The zero-order chi connectivity index (χ0) is 14.2. The number of nitrogen functional groups attached to an aromatic ring is 1. The molecule has 3 N–H and O–H groups in total. The second-order valence-electron chi connectivity index (χ2n) is 4.17. The van der Waals surface area contributed by atoms with Crippen LogP contribution in [0.15, 0.2) is 23.6 Å². The van der Waals surface area contributed by atoms with E-state index in [1.807, 2.05) is 4.57 Å². The Morgan fingerprint density at radius 3 is 2.70 bits per heavy atom. The molecule has 0 saturated heterocycles. The molecule has 0 unspecified atom stereocenters. The van der Waals surface area contributed by atoms with Crippen molar-refractivity contribution in [1.82, 2.24) is 29.0 Å². The largest absolute Gasteiger partial charge is 0.315 e. The lowest BCUT2D eigenvalue weighted by Crippen LogP contribution is -2.38. The lowest BCUT2D eigenvalue weighted by atomic mass is 10.4. The van der Waals surface area contributed by atoms with Crippen LogP contribution >= 0.6 is 0 Å². The van der Waals surface area contributed by atoms with Gasteiger partial charge in [0.15, 0.2) is 0 Å². The minimum atomic E-state index is -3.65. The average molecular weight is 296 g/mol. The van der Waals surface area contributed by atoms with Crippen molar-refractivity contribution >= 4 is 16.0 Å². The Balaban J connectivity index is 1.88. The molecule has 1 aliphatic heterocycles. The van der Waals surface area contributed by atoms with Gasteiger partial charge in [-0.1, -0.05) is 0 Å². The molecule has 0 saturated carbocycles. The number of aromatic nitrogens is 5. The smallest absolute Gasteiger partial charge is 0.246 e. The van der Waals surface area contributed by atoms with Gasteiger partial charge < -0.3 is 4.57 Å². The highest BCUT2D eigenvalue weighted by atomic mass is 32.2. The molecular weight excluding hydrogens is 284 g/mol. The van der Waals surface area contributed by atoms with Gasteiger partial charge in [0.05, 0.1) is 18.9 Å². The molecule has 2 aromatic heterocycles. The topological polar surface area (TPSA) is 132 Å². The lowest BCUT2D eigenvalue weighted by molar-refractivity contribution is 0.335. The molecule has 0 bridgehead atoms. The molecule has 0 fully saturated rings. The first-order valence-electron chi connectivity index (χ1n) is 5.77. The number of nitrogens with two attached hydrogens (primary N) is 1. The summed E-state index contributed by atoms with van der Waals surface area (Å²) in [5.41, 5.74) is 2.24. The van der Waals surface area contributed by atoms with Crippen LogP contribution in [0, 0.1) is 0 Å². The summed E-state index contributed by atoms with van der Waals surface area (Å²) in [7, 11) is -3.65. The Bertz CT molecular complexity index is 710. The van der Waals surface area contributed by atoms with Crippen molar-refractivity contribution in [1.29, 1.82) is 0 Å². The third-order valence-electron chi connectivity index (χ3n) is 3.00. The number of hydrogen-bond acceptors (Lipinski definition) is 8. The maximum Gasteiger partial charge on any atom is 0.246 e. The van der Waals surface area contributed by atoms with E-state index in [4.69, 9.17) is 5.84 Å². The van der Waals surface area contributed by atoms with Gasteiger partial charge in [-0.2, -0.15) is 4.31 Å². The van der Waals surface area contributed by atoms with Crippen LogP contribution in [0.4, 0.5) is 5.95 Å². The van der Waals surface area contributed by atoms with E-state index in [9.17, 15) is 8.42 Å². The van der Waals surface area contributed by atoms with Gasteiger partial charge in [0.25, 0.3) is 0 Å². The second-order valence-corrected chi connectivity index (χ2v) is 6.10. The number of anilines is 1. The van der Waals surface area contributed by atoms with Crippen LogP contribution in [0.3, 0.4) is 0 Å². The molecule has 0 aromatic carbocycles. The van der Waals surface area contributed by atoms with Crippen LogP contribution in [-0.4, -0.2) is 44.0 Å². The SMILES string of the molecule is NNc1ncc(S(=O)(=O)N2CCn3cnnc3C2)cn1.